The monoisotopic (exact) mass is 525 g/mol. The lowest BCUT2D eigenvalue weighted by Gasteiger charge is -2.22. The fourth-order valence-corrected chi connectivity index (χ4v) is 5.06. The molecule has 0 radical (unpaired) electrons. The summed E-state index contributed by atoms with van der Waals surface area (Å²) < 4.78 is 41.5. The molecule has 1 aromatic heterocycles. The number of carbonyl (C=O) groups is 1. The summed E-state index contributed by atoms with van der Waals surface area (Å²) >= 11 is 1.19. The number of aryl methyl sites for hydroxylation is 1. The van der Waals surface area contributed by atoms with Crippen molar-refractivity contribution in [3.05, 3.63) is 96.1 Å². The van der Waals surface area contributed by atoms with Gasteiger partial charge in [-0.05, 0) is 55.5 Å². The molecule has 0 spiro atoms. The van der Waals surface area contributed by atoms with Gasteiger partial charge >= 0.3 is 0 Å². The molecule has 36 heavy (non-hydrogen) atoms. The molecule has 4 rings (SSSR count). The molecule has 0 saturated heterocycles. The second kappa shape index (κ2) is 10.9. The van der Waals surface area contributed by atoms with Crippen molar-refractivity contribution < 1.29 is 17.6 Å². The lowest BCUT2D eigenvalue weighted by molar-refractivity contribution is -0.113. The molecule has 186 valence electrons. The Kier molecular flexibility index (Phi) is 7.70. The zero-order valence-electron chi connectivity index (χ0n) is 19.6. The zero-order chi connectivity index (χ0) is 25.7. The normalized spacial score (nSPS) is 11.3. The first-order chi connectivity index (χ1) is 17.2. The van der Waals surface area contributed by atoms with Gasteiger partial charge in [0.2, 0.25) is 15.9 Å². The Morgan fingerprint density at radius 1 is 1.00 bits per heavy atom. The van der Waals surface area contributed by atoms with Crippen molar-refractivity contribution in [1.82, 2.24) is 14.8 Å². The molecule has 3 aromatic carbocycles. The third-order valence-electron chi connectivity index (χ3n) is 5.18. The van der Waals surface area contributed by atoms with E-state index >= 15 is 0 Å². The Bertz CT molecular complexity index is 1440. The average Bonchev–Trinajstić information content (AvgIpc) is 3.26. The highest BCUT2D eigenvalue weighted by Gasteiger charge is 2.23. The first kappa shape index (κ1) is 25.4. The summed E-state index contributed by atoms with van der Waals surface area (Å²) in [6.07, 6.45) is 1.07. The number of anilines is 2. The number of hydrogen-bond acceptors (Lipinski definition) is 6. The number of benzene rings is 3. The molecule has 1 N–H and O–H groups in total. The highest BCUT2D eigenvalue weighted by atomic mass is 32.2. The van der Waals surface area contributed by atoms with Crippen molar-refractivity contribution in [1.29, 1.82) is 0 Å². The topological polar surface area (TPSA) is 97.2 Å². The van der Waals surface area contributed by atoms with Gasteiger partial charge in [0.05, 0.1) is 24.2 Å². The van der Waals surface area contributed by atoms with E-state index in [1.807, 2.05) is 61.5 Å². The zero-order valence-corrected chi connectivity index (χ0v) is 21.3. The molecule has 11 heteroatoms. The van der Waals surface area contributed by atoms with Crippen LogP contribution in [0.25, 0.3) is 5.69 Å². The van der Waals surface area contributed by atoms with Gasteiger partial charge in [0, 0.05) is 11.4 Å². The fraction of sp³-hybridized carbons (Fsp3) is 0.160. The van der Waals surface area contributed by atoms with Crippen molar-refractivity contribution in [2.24, 2.45) is 0 Å². The van der Waals surface area contributed by atoms with E-state index in [1.54, 1.807) is 4.57 Å². The molecule has 0 aliphatic rings. The summed E-state index contributed by atoms with van der Waals surface area (Å²) in [5.74, 6) is -0.260. The lowest BCUT2D eigenvalue weighted by atomic mass is 10.2. The van der Waals surface area contributed by atoms with E-state index in [0.717, 1.165) is 16.1 Å². The fourth-order valence-electron chi connectivity index (χ4n) is 3.43. The molecule has 0 bridgehead atoms. The van der Waals surface area contributed by atoms with E-state index in [0.29, 0.717) is 28.0 Å². The van der Waals surface area contributed by atoms with Crippen LogP contribution in [0, 0.1) is 12.7 Å². The van der Waals surface area contributed by atoms with Gasteiger partial charge in [0.25, 0.3) is 0 Å². The van der Waals surface area contributed by atoms with Crippen LogP contribution >= 0.6 is 11.8 Å². The number of nitrogens with zero attached hydrogens (tertiary/aromatic N) is 4. The molecule has 0 saturated carbocycles. The van der Waals surface area contributed by atoms with Crippen LogP contribution < -0.4 is 9.62 Å². The number of amides is 1. The van der Waals surface area contributed by atoms with Gasteiger partial charge in [-0.1, -0.05) is 47.7 Å². The minimum absolute atomic E-state index is 0.0760. The van der Waals surface area contributed by atoms with Crippen LogP contribution in [0.1, 0.15) is 11.4 Å². The van der Waals surface area contributed by atoms with E-state index in [9.17, 15) is 17.6 Å². The van der Waals surface area contributed by atoms with Crippen molar-refractivity contribution in [3.8, 4) is 5.69 Å². The highest BCUT2D eigenvalue weighted by Crippen LogP contribution is 2.26. The smallest absolute Gasteiger partial charge is 0.234 e. The second-order valence-electron chi connectivity index (χ2n) is 8.02. The molecule has 1 heterocycles. The Morgan fingerprint density at radius 2 is 1.67 bits per heavy atom. The number of sulfonamides is 1. The van der Waals surface area contributed by atoms with Crippen molar-refractivity contribution in [3.63, 3.8) is 0 Å². The lowest BCUT2D eigenvalue weighted by Crippen LogP contribution is -2.30. The minimum atomic E-state index is -3.72. The third-order valence-corrected chi connectivity index (χ3v) is 7.25. The maximum atomic E-state index is 13.4. The summed E-state index contributed by atoms with van der Waals surface area (Å²) in [7, 11) is -3.72. The summed E-state index contributed by atoms with van der Waals surface area (Å²) in [6, 6.07) is 21.9. The third kappa shape index (κ3) is 6.29. The van der Waals surface area contributed by atoms with E-state index < -0.39 is 15.8 Å². The SMILES string of the molecule is Cc1ccc(NC(=O)CSc2nnc(CN(c3ccc(F)cc3)S(C)(=O)=O)n2-c2ccccc2)cc1. The second-order valence-corrected chi connectivity index (χ2v) is 10.9. The molecule has 8 nitrogen and oxygen atoms in total. The molecule has 4 aromatic rings. The predicted octanol–water partition coefficient (Wildman–Crippen LogP) is 4.41. The van der Waals surface area contributed by atoms with E-state index in [4.69, 9.17) is 0 Å². The maximum Gasteiger partial charge on any atom is 0.234 e. The van der Waals surface area contributed by atoms with Crippen LogP contribution in [0.5, 0.6) is 0 Å². The number of hydrogen-bond donors (Lipinski definition) is 1. The van der Waals surface area contributed by atoms with Gasteiger partial charge in [0.1, 0.15) is 5.82 Å². The van der Waals surface area contributed by atoms with Crippen molar-refractivity contribution in [2.75, 3.05) is 21.6 Å². The average molecular weight is 526 g/mol. The molecule has 0 atom stereocenters. The van der Waals surface area contributed by atoms with Crippen LogP contribution in [0.15, 0.2) is 84.0 Å². The molecular formula is C25H24FN5O3S2. The van der Waals surface area contributed by atoms with Crippen LogP contribution in [0.2, 0.25) is 0 Å². The molecule has 0 aliphatic heterocycles. The van der Waals surface area contributed by atoms with Crippen LogP contribution in [-0.4, -0.2) is 41.1 Å². The number of para-hydroxylation sites is 1. The predicted molar refractivity (Wildman–Crippen MR) is 139 cm³/mol. The van der Waals surface area contributed by atoms with Gasteiger partial charge < -0.3 is 5.32 Å². The van der Waals surface area contributed by atoms with Gasteiger partial charge in [-0.15, -0.1) is 10.2 Å². The van der Waals surface area contributed by atoms with Crippen LogP contribution in [0.3, 0.4) is 0 Å². The highest BCUT2D eigenvalue weighted by molar-refractivity contribution is 7.99. The van der Waals surface area contributed by atoms with E-state index in [2.05, 4.69) is 15.5 Å². The quantitative estimate of drug-likeness (QED) is 0.325. The number of carbonyl (C=O) groups excluding carboxylic acids is 1. The molecule has 1 amide bonds. The first-order valence-electron chi connectivity index (χ1n) is 10.9. The number of rotatable bonds is 9. The summed E-state index contributed by atoms with van der Waals surface area (Å²) in [4.78, 5) is 12.5. The Labute approximate surface area is 213 Å². The Balaban J connectivity index is 1.60. The summed E-state index contributed by atoms with van der Waals surface area (Å²) in [6.45, 7) is 1.83. The summed E-state index contributed by atoms with van der Waals surface area (Å²) in [5, 5.41) is 11.8. The van der Waals surface area contributed by atoms with Gasteiger partial charge in [-0.3, -0.25) is 13.7 Å². The molecule has 0 unspecified atom stereocenters. The molecular weight excluding hydrogens is 501 g/mol. The molecule has 0 aliphatic carbocycles. The first-order valence-corrected chi connectivity index (χ1v) is 13.8. The van der Waals surface area contributed by atoms with E-state index in [-0.39, 0.29) is 18.2 Å². The van der Waals surface area contributed by atoms with Crippen molar-refractivity contribution >= 4 is 39.1 Å². The molecule has 0 fully saturated rings. The minimum Gasteiger partial charge on any atom is -0.325 e. The van der Waals surface area contributed by atoms with Crippen LogP contribution in [0.4, 0.5) is 15.8 Å². The Hall–Kier alpha value is -3.70. The number of nitrogens with one attached hydrogen (secondary N) is 1. The van der Waals surface area contributed by atoms with Gasteiger partial charge in [-0.25, -0.2) is 12.8 Å². The summed E-state index contributed by atoms with van der Waals surface area (Å²) in [5.41, 5.74) is 2.80. The number of halogens is 1. The number of thioether (sulfide) groups is 1. The number of aromatic nitrogens is 3. The Morgan fingerprint density at radius 3 is 2.31 bits per heavy atom. The van der Waals surface area contributed by atoms with Gasteiger partial charge in [-0.2, -0.15) is 0 Å². The van der Waals surface area contributed by atoms with Crippen LogP contribution in [-0.2, 0) is 21.4 Å². The standard InChI is InChI=1S/C25H24FN5O3S2/c1-18-8-12-20(13-9-18)27-24(32)17-35-25-29-28-23(31(25)22-6-4-3-5-7-22)16-30(36(2,33)34)21-14-10-19(26)11-15-21/h3-15H,16-17H2,1-2H3,(H,27,32). The van der Waals surface area contributed by atoms with E-state index in [1.165, 1.54) is 36.0 Å². The van der Waals surface area contributed by atoms with Gasteiger partial charge in [0.15, 0.2) is 11.0 Å². The largest absolute Gasteiger partial charge is 0.325 e. The van der Waals surface area contributed by atoms with Crippen molar-refractivity contribution in [2.45, 2.75) is 18.6 Å². The maximum absolute atomic E-state index is 13.4.